The first-order valence-electron chi connectivity index (χ1n) is 8.68. The summed E-state index contributed by atoms with van der Waals surface area (Å²) in [6, 6.07) is 8.99. The Labute approximate surface area is 148 Å². The molecule has 2 unspecified atom stereocenters. The van der Waals surface area contributed by atoms with Crippen LogP contribution < -0.4 is 5.32 Å². The van der Waals surface area contributed by atoms with Crippen molar-refractivity contribution in [2.24, 2.45) is 0 Å². The number of fused-ring (bicyclic) bond motifs is 2. The quantitative estimate of drug-likeness (QED) is 0.748. The van der Waals surface area contributed by atoms with Crippen LogP contribution in [0.3, 0.4) is 0 Å². The number of alkyl halides is 1. The van der Waals surface area contributed by atoms with E-state index in [4.69, 9.17) is 4.98 Å². The fourth-order valence-corrected chi connectivity index (χ4v) is 3.81. The maximum Gasteiger partial charge on any atom is 0.256 e. The number of hydrogen-bond donors (Lipinski definition) is 1. The number of pyridine rings is 2. The smallest absolute Gasteiger partial charge is 0.256 e. The van der Waals surface area contributed by atoms with E-state index in [1.54, 1.807) is 21.7 Å². The lowest BCUT2D eigenvalue weighted by Gasteiger charge is -2.33. The van der Waals surface area contributed by atoms with Crippen molar-refractivity contribution in [1.29, 1.82) is 0 Å². The number of hydrogen-bond acceptors (Lipinski definition) is 5. The zero-order chi connectivity index (χ0) is 17.7. The number of halogens is 1. The van der Waals surface area contributed by atoms with Crippen molar-refractivity contribution >= 4 is 11.4 Å². The van der Waals surface area contributed by atoms with Gasteiger partial charge in [-0.15, -0.1) is 5.10 Å². The fourth-order valence-electron chi connectivity index (χ4n) is 3.81. The maximum atomic E-state index is 14.0. The highest BCUT2D eigenvalue weighted by Gasteiger charge is 2.38. The highest BCUT2D eigenvalue weighted by molar-refractivity contribution is 5.97. The van der Waals surface area contributed by atoms with Crippen LogP contribution in [0.15, 0.2) is 36.5 Å². The van der Waals surface area contributed by atoms with Gasteiger partial charge in [0.05, 0.1) is 40.4 Å². The van der Waals surface area contributed by atoms with E-state index in [9.17, 15) is 9.18 Å². The van der Waals surface area contributed by atoms with Gasteiger partial charge in [-0.05, 0) is 24.3 Å². The summed E-state index contributed by atoms with van der Waals surface area (Å²) >= 11 is 0. The minimum Gasteiger partial charge on any atom is -0.331 e. The Kier molecular flexibility index (Phi) is 3.46. The summed E-state index contributed by atoms with van der Waals surface area (Å²) in [5.74, 6) is -0.138. The largest absolute Gasteiger partial charge is 0.331 e. The Morgan fingerprint density at radius 1 is 1.19 bits per heavy atom. The molecule has 2 aliphatic heterocycles. The van der Waals surface area contributed by atoms with Crippen molar-refractivity contribution in [2.75, 3.05) is 19.6 Å². The van der Waals surface area contributed by atoms with Gasteiger partial charge in [-0.25, -0.2) is 8.91 Å². The average Bonchev–Trinajstić information content (AvgIpc) is 3.30. The molecule has 7 nitrogen and oxygen atoms in total. The monoisotopic (exact) mass is 352 g/mol. The lowest BCUT2D eigenvalue weighted by atomic mass is 10.0. The van der Waals surface area contributed by atoms with E-state index < -0.39 is 6.17 Å². The second kappa shape index (κ2) is 5.84. The average molecular weight is 352 g/mol. The third kappa shape index (κ3) is 2.29. The van der Waals surface area contributed by atoms with Crippen molar-refractivity contribution in [2.45, 2.75) is 18.6 Å². The fraction of sp³-hybridized carbons (Fsp3) is 0.333. The van der Waals surface area contributed by atoms with Crippen LogP contribution in [-0.2, 0) is 6.42 Å². The van der Waals surface area contributed by atoms with Crippen LogP contribution in [0.4, 0.5) is 4.39 Å². The van der Waals surface area contributed by atoms with E-state index in [2.05, 4.69) is 15.6 Å². The molecule has 1 N–H and O–H groups in total. The second-order valence-corrected chi connectivity index (χ2v) is 6.66. The second-order valence-electron chi connectivity index (χ2n) is 6.66. The zero-order valence-electron chi connectivity index (χ0n) is 14.0. The first-order chi connectivity index (χ1) is 12.7. The van der Waals surface area contributed by atoms with Crippen LogP contribution in [0.2, 0.25) is 0 Å². The van der Waals surface area contributed by atoms with Crippen molar-refractivity contribution in [3.63, 3.8) is 0 Å². The summed E-state index contributed by atoms with van der Waals surface area (Å²) < 4.78 is 15.8. The normalized spacial score (nSPS) is 22.8. The van der Waals surface area contributed by atoms with Gasteiger partial charge in [-0.2, -0.15) is 0 Å². The molecule has 0 aliphatic carbocycles. The van der Waals surface area contributed by atoms with Gasteiger partial charge in [0.25, 0.3) is 5.91 Å². The summed E-state index contributed by atoms with van der Waals surface area (Å²) in [5.41, 5.74) is 3.76. The maximum absolute atomic E-state index is 14.0. The van der Waals surface area contributed by atoms with E-state index in [-0.39, 0.29) is 11.9 Å². The molecule has 0 radical (unpaired) electrons. The van der Waals surface area contributed by atoms with Crippen LogP contribution in [0, 0.1) is 0 Å². The summed E-state index contributed by atoms with van der Waals surface area (Å²) in [7, 11) is 0. The standard InChI is InChI=1S/C18H17FN6O/c19-13-9-20-10-17(13)24-7-6-14-12(18(24)26)4-5-15(22-14)16-3-1-2-11-8-21-23-25(11)16/h1-5,8,13,17,20H,6-7,9-10H2. The third-order valence-corrected chi connectivity index (χ3v) is 5.15. The van der Waals surface area contributed by atoms with E-state index in [1.807, 2.05) is 24.3 Å². The molecular weight excluding hydrogens is 335 g/mol. The van der Waals surface area contributed by atoms with E-state index in [1.165, 1.54) is 0 Å². The van der Waals surface area contributed by atoms with Crippen molar-refractivity contribution < 1.29 is 9.18 Å². The Morgan fingerprint density at radius 3 is 2.96 bits per heavy atom. The highest BCUT2D eigenvalue weighted by Crippen LogP contribution is 2.26. The molecule has 3 aromatic rings. The number of aromatic nitrogens is 4. The third-order valence-electron chi connectivity index (χ3n) is 5.15. The van der Waals surface area contributed by atoms with E-state index in [0.717, 1.165) is 22.6 Å². The summed E-state index contributed by atoms with van der Waals surface area (Å²) in [4.78, 5) is 19.2. The molecule has 5 heterocycles. The number of nitrogens with one attached hydrogen (secondary N) is 1. The summed E-state index contributed by atoms with van der Waals surface area (Å²) in [6.45, 7) is 1.30. The lowest BCUT2D eigenvalue weighted by Crippen LogP contribution is -2.49. The van der Waals surface area contributed by atoms with Crippen molar-refractivity contribution in [3.05, 3.63) is 47.8 Å². The predicted octanol–water partition coefficient (Wildman–Crippen LogP) is 1.10. The molecule has 3 aromatic heterocycles. The first kappa shape index (κ1) is 15.4. The molecule has 0 saturated carbocycles. The lowest BCUT2D eigenvalue weighted by molar-refractivity contribution is 0.0601. The Balaban J connectivity index is 1.51. The van der Waals surface area contributed by atoms with Gasteiger partial charge in [0.2, 0.25) is 0 Å². The van der Waals surface area contributed by atoms with E-state index >= 15 is 0 Å². The molecule has 132 valence electrons. The molecule has 1 amide bonds. The number of nitrogens with zero attached hydrogens (tertiary/aromatic N) is 5. The van der Waals surface area contributed by atoms with Gasteiger partial charge in [-0.3, -0.25) is 9.78 Å². The zero-order valence-corrected chi connectivity index (χ0v) is 14.0. The number of rotatable bonds is 2. The van der Waals surface area contributed by atoms with Crippen molar-refractivity contribution in [3.8, 4) is 11.4 Å². The minimum absolute atomic E-state index is 0.138. The molecule has 5 rings (SSSR count). The van der Waals surface area contributed by atoms with Crippen LogP contribution >= 0.6 is 0 Å². The Bertz CT molecular complexity index is 1000. The number of carbonyl (C=O) groups excluding carboxylic acids is 1. The topological polar surface area (TPSA) is 75.4 Å². The van der Waals surface area contributed by atoms with Crippen LogP contribution in [0.25, 0.3) is 16.9 Å². The molecule has 1 fully saturated rings. The Hall–Kier alpha value is -2.87. The number of amides is 1. The molecular formula is C18H17FN6O. The molecule has 0 aromatic carbocycles. The molecule has 8 heteroatoms. The molecule has 2 aliphatic rings. The van der Waals surface area contributed by atoms with Crippen molar-refractivity contribution in [1.82, 2.24) is 30.0 Å². The molecule has 0 spiro atoms. The van der Waals surface area contributed by atoms with Gasteiger partial charge in [0, 0.05) is 26.1 Å². The predicted molar refractivity (Wildman–Crippen MR) is 92.5 cm³/mol. The molecule has 2 atom stereocenters. The van der Waals surface area contributed by atoms with Crippen LogP contribution in [0.1, 0.15) is 16.1 Å². The minimum atomic E-state index is -1.02. The first-order valence-corrected chi connectivity index (χ1v) is 8.68. The van der Waals surface area contributed by atoms with Gasteiger partial charge in [0.15, 0.2) is 0 Å². The summed E-state index contributed by atoms with van der Waals surface area (Å²) in [6.07, 6.45) is 1.29. The number of carbonyl (C=O) groups is 1. The van der Waals surface area contributed by atoms with Gasteiger partial charge >= 0.3 is 0 Å². The van der Waals surface area contributed by atoms with E-state index in [0.29, 0.717) is 31.6 Å². The van der Waals surface area contributed by atoms with Gasteiger partial charge in [0.1, 0.15) is 6.17 Å². The van der Waals surface area contributed by atoms with Crippen LogP contribution in [-0.4, -0.2) is 62.5 Å². The SMILES string of the molecule is O=C1c2ccc(-c3cccc4cnnn34)nc2CCN1C1CNCC1F. The van der Waals surface area contributed by atoms with Gasteiger partial charge in [-0.1, -0.05) is 11.3 Å². The summed E-state index contributed by atoms with van der Waals surface area (Å²) in [5, 5.41) is 11.0. The molecule has 26 heavy (non-hydrogen) atoms. The van der Waals surface area contributed by atoms with Crippen LogP contribution in [0.5, 0.6) is 0 Å². The molecule has 1 saturated heterocycles. The van der Waals surface area contributed by atoms with Gasteiger partial charge < -0.3 is 10.2 Å². The molecule has 0 bridgehead atoms. The highest BCUT2D eigenvalue weighted by atomic mass is 19.1. The Morgan fingerprint density at radius 2 is 2.12 bits per heavy atom.